The van der Waals surface area contributed by atoms with Gasteiger partial charge in [-0.3, -0.25) is 4.79 Å². The predicted octanol–water partition coefficient (Wildman–Crippen LogP) is 2.91. The first-order chi connectivity index (χ1) is 9.80. The molecule has 0 spiro atoms. The van der Waals surface area contributed by atoms with Gasteiger partial charge in [-0.1, -0.05) is 22.0 Å². The molecule has 116 valence electrons. The summed E-state index contributed by atoms with van der Waals surface area (Å²) in [6.45, 7) is 4.76. The third-order valence-corrected chi connectivity index (χ3v) is 4.09. The molecule has 0 aromatic heterocycles. The SMILES string of the molecule is CC1(C)CN(C(=O)Cc2ccc(F)cc2F)CC(CBr)O1. The molecule has 1 aromatic rings. The molecule has 1 amide bonds. The number of morpholine rings is 1. The van der Waals surface area contributed by atoms with E-state index in [0.717, 1.165) is 12.1 Å². The average Bonchev–Trinajstić information content (AvgIpc) is 2.40. The van der Waals surface area contributed by atoms with Gasteiger partial charge >= 0.3 is 0 Å². The Balaban J connectivity index is 2.08. The molecule has 2 rings (SSSR count). The first-order valence-electron chi connectivity index (χ1n) is 6.76. The van der Waals surface area contributed by atoms with Gasteiger partial charge in [0, 0.05) is 24.5 Å². The summed E-state index contributed by atoms with van der Waals surface area (Å²) in [5.74, 6) is -1.51. The second kappa shape index (κ2) is 6.40. The van der Waals surface area contributed by atoms with E-state index >= 15 is 0 Å². The Morgan fingerprint density at radius 1 is 1.48 bits per heavy atom. The van der Waals surface area contributed by atoms with Crippen molar-refractivity contribution < 1.29 is 18.3 Å². The molecular weight excluding hydrogens is 344 g/mol. The highest BCUT2D eigenvalue weighted by atomic mass is 79.9. The van der Waals surface area contributed by atoms with E-state index in [0.29, 0.717) is 18.4 Å². The van der Waals surface area contributed by atoms with E-state index in [1.807, 2.05) is 13.8 Å². The lowest BCUT2D eigenvalue weighted by Crippen LogP contribution is -2.55. The predicted molar refractivity (Wildman–Crippen MR) is 79.4 cm³/mol. The van der Waals surface area contributed by atoms with Gasteiger partial charge in [0.25, 0.3) is 0 Å². The van der Waals surface area contributed by atoms with Gasteiger partial charge in [0.1, 0.15) is 11.6 Å². The third kappa shape index (κ3) is 4.23. The van der Waals surface area contributed by atoms with Crippen molar-refractivity contribution in [3.63, 3.8) is 0 Å². The summed E-state index contributed by atoms with van der Waals surface area (Å²) in [7, 11) is 0. The lowest BCUT2D eigenvalue weighted by molar-refractivity contribution is -0.156. The number of halogens is 3. The largest absolute Gasteiger partial charge is 0.368 e. The van der Waals surface area contributed by atoms with Crippen LogP contribution in [0.1, 0.15) is 19.4 Å². The fourth-order valence-corrected chi connectivity index (χ4v) is 2.84. The number of ether oxygens (including phenoxy) is 1. The molecule has 0 bridgehead atoms. The maximum absolute atomic E-state index is 13.6. The first-order valence-corrected chi connectivity index (χ1v) is 7.88. The molecule has 1 aromatic carbocycles. The molecule has 0 N–H and O–H groups in total. The summed E-state index contributed by atoms with van der Waals surface area (Å²) in [5.41, 5.74) is -0.227. The summed E-state index contributed by atoms with van der Waals surface area (Å²) < 4.78 is 32.3. The normalized spacial score (nSPS) is 21.4. The zero-order valence-electron chi connectivity index (χ0n) is 12.0. The molecule has 1 aliphatic rings. The van der Waals surface area contributed by atoms with Crippen LogP contribution in [0.4, 0.5) is 8.78 Å². The fourth-order valence-electron chi connectivity index (χ4n) is 2.51. The van der Waals surface area contributed by atoms with Crippen molar-refractivity contribution in [2.45, 2.75) is 32.0 Å². The Morgan fingerprint density at radius 2 is 2.19 bits per heavy atom. The smallest absolute Gasteiger partial charge is 0.227 e. The summed E-state index contributed by atoms with van der Waals surface area (Å²) in [6, 6.07) is 3.28. The van der Waals surface area contributed by atoms with E-state index in [1.165, 1.54) is 6.07 Å². The van der Waals surface area contributed by atoms with Crippen LogP contribution >= 0.6 is 15.9 Å². The monoisotopic (exact) mass is 361 g/mol. The Morgan fingerprint density at radius 3 is 2.81 bits per heavy atom. The molecule has 1 atom stereocenters. The zero-order valence-corrected chi connectivity index (χ0v) is 13.6. The van der Waals surface area contributed by atoms with Crippen molar-refractivity contribution in [3.8, 4) is 0 Å². The molecule has 1 unspecified atom stereocenters. The summed E-state index contributed by atoms with van der Waals surface area (Å²) in [5, 5.41) is 0.630. The van der Waals surface area contributed by atoms with E-state index < -0.39 is 17.2 Å². The lowest BCUT2D eigenvalue weighted by atomic mass is 10.0. The fraction of sp³-hybridized carbons (Fsp3) is 0.533. The minimum Gasteiger partial charge on any atom is -0.368 e. The van der Waals surface area contributed by atoms with Gasteiger partial charge in [0.05, 0.1) is 18.1 Å². The topological polar surface area (TPSA) is 29.5 Å². The van der Waals surface area contributed by atoms with Gasteiger partial charge in [-0.05, 0) is 25.5 Å². The van der Waals surface area contributed by atoms with Crippen molar-refractivity contribution in [1.29, 1.82) is 0 Å². The van der Waals surface area contributed by atoms with Crippen molar-refractivity contribution in [3.05, 3.63) is 35.4 Å². The first kappa shape index (κ1) is 16.4. The number of amides is 1. The van der Waals surface area contributed by atoms with E-state index in [2.05, 4.69) is 15.9 Å². The summed E-state index contributed by atoms with van der Waals surface area (Å²) in [6.07, 6.45) is -0.159. The lowest BCUT2D eigenvalue weighted by Gasteiger charge is -2.42. The van der Waals surface area contributed by atoms with E-state index in [-0.39, 0.29) is 24.0 Å². The van der Waals surface area contributed by atoms with Crippen LogP contribution in [0.15, 0.2) is 18.2 Å². The molecule has 21 heavy (non-hydrogen) atoms. The molecule has 1 fully saturated rings. The summed E-state index contributed by atoms with van der Waals surface area (Å²) >= 11 is 3.36. The second-order valence-corrected chi connectivity index (χ2v) is 6.49. The van der Waals surface area contributed by atoms with Crippen LogP contribution < -0.4 is 0 Å². The van der Waals surface area contributed by atoms with E-state index in [1.54, 1.807) is 4.90 Å². The van der Waals surface area contributed by atoms with Gasteiger partial charge in [-0.25, -0.2) is 8.78 Å². The van der Waals surface area contributed by atoms with Gasteiger partial charge in [-0.2, -0.15) is 0 Å². The maximum Gasteiger partial charge on any atom is 0.227 e. The van der Waals surface area contributed by atoms with E-state index in [9.17, 15) is 13.6 Å². The molecule has 0 radical (unpaired) electrons. The van der Waals surface area contributed by atoms with Gasteiger partial charge in [0.15, 0.2) is 0 Å². The molecule has 0 aliphatic carbocycles. The Hall–Kier alpha value is -1.01. The molecule has 6 heteroatoms. The highest BCUT2D eigenvalue weighted by Gasteiger charge is 2.35. The number of carbonyl (C=O) groups is 1. The van der Waals surface area contributed by atoms with Crippen molar-refractivity contribution in [2.75, 3.05) is 18.4 Å². The van der Waals surface area contributed by atoms with Crippen LogP contribution in [0.5, 0.6) is 0 Å². The summed E-state index contributed by atoms with van der Waals surface area (Å²) in [4.78, 5) is 14.0. The van der Waals surface area contributed by atoms with Gasteiger partial charge in [-0.15, -0.1) is 0 Å². The Kier molecular flexibility index (Phi) is 4.99. The van der Waals surface area contributed by atoms with Crippen LogP contribution in [-0.2, 0) is 16.0 Å². The highest BCUT2D eigenvalue weighted by Crippen LogP contribution is 2.23. The van der Waals surface area contributed by atoms with Crippen molar-refractivity contribution >= 4 is 21.8 Å². The van der Waals surface area contributed by atoms with Crippen LogP contribution in [0.3, 0.4) is 0 Å². The standard InChI is InChI=1S/C15H18BrF2NO2/c1-15(2)9-19(8-12(7-16)21-15)14(20)5-10-3-4-11(17)6-13(10)18/h3-4,6,12H,5,7-9H2,1-2H3. The molecule has 0 saturated carbocycles. The molecule has 1 heterocycles. The Labute approximate surface area is 131 Å². The average molecular weight is 362 g/mol. The number of hydrogen-bond donors (Lipinski definition) is 0. The van der Waals surface area contributed by atoms with Gasteiger partial charge in [0.2, 0.25) is 5.91 Å². The van der Waals surface area contributed by atoms with E-state index in [4.69, 9.17) is 4.74 Å². The third-order valence-electron chi connectivity index (χ3n) is 3.36. The number of alkyl halides is 1. The molecule has 1 aliphatic heterocycles. The minimum atomic E-state index is -0.687. The van der Waals surface area contributed by atoms with Crippen LogP contribution in [-0.4, -0.2) is 40.9 Å². The number of carbonyl (C=O) groups excluding carboxylic acids is 1. The molecular formula is C15H18BrF2NO2. The number of benzene rings is 1. The molecule has 1 saturated heterocycles. The van der Waals surface area contributed by atoms with Crippen LogP contribution in [0.25, 0.3) is 0 Å². The Bertz CT molecular complexity index is 536. The number of hydrogen-bond acceptors (Lipinski definition) is 2. The minimum absolute atomic E-state index is 0.0722. The maximum atomic E-state index is 13.6. The van der Waals surface area contributed by atoms with Crippen LogP contribution in [0.2, 0.25) is 0 Å². The van der Waals surface area contributed by atoms with Crippen molar-refractivity contribution in [2.24, 2.45) is 0 Å². The second-order valence-electron chi connectivity index (χ2n) is 5.84. The quantitative estimate of drug-likeness (QED) is 0.774. The zero-order chi connectivity index (χ0) is 15.6. The number of rotatable bonds is 3. The molecule has 3 nitrogen and oxygen atoms in total. The van der Waals surface area contributed by atoms with Gasteiger partial charge < -0.3 is 9.64 Å². The van der Waals surface area contributed by atoms with Crippen LogP contribution in [0, 0.1) is 11.6 Å². The van der Waals surface area contributed by atoms with Crippen molar-refractivity contribution in [1.82, 2.24) is 4.90 Å². The number of nitrogens with zero attached hydrogens (tertiary/aromatic N) is 1. The highest BCUT2D eigenvalue weighted by molar-refractivity contribution is 9.09.